The van der Waals surface area contributed by atoms with Gasteiger partial charge in [0, 0.05) is 15.5 Å². The molecule has 0 aromatic heterocycles. The van der Waals surface area contributed by atoms with Crippen molar-refractivity contribution in [1.29, 1.82) is 0 Å². The Labute approximate surface area is 162 Å². The van der Waals surface area contributed by atoms with Gasteiger partial charge in [-0.25, -0.2) is 5.43 Å². The van der Waals surface area contributed by atoms with E-state index in [0.717, 1.165) is 10.5 Å². The van der Waals surface area contributed by atoms with Gasteiger partial charge in [-0.15, -0.1) is 11.8 Å². The average Bonchev–Trinajstić information content (AvgIpc) is 2.62. The minimum Gasteiger partial charge on any atom is -0.492 e. The molecule has 0 spiro atoms. The molecule has 0 unspecified atom stereocenters. The molecule has 0 aliphatic rings. The number of para-hydroxylation sites is 1. The Morgan fingerprint density at radius 3 is 2.85 bits per heavy atom. The summed E-state index contributed by atoms with van der Waals surface area (Å²) in [7, 11) is 1.57. The van der Waals surface area contributed by atoms with Gasteiger partial charge < -0.3 is 9.47 Å². The number of nitrogens with one attached hydrogen (secondary N) is 1. The van der Waals surface area contributed by atoms with E-state index < -0.39 is 0 Å². The topological polar surface area (TPSA) is 59.9 Å². The molecule has 0 saturated heterocycles. The maximum Gasteiger partial charge on any atom is 0.244 e. The van der Waals surface area contributed by atoms with Crippen molar-refractivity contribution >= 4 is 35.5 Å². The Morgan fingerprint density at radius 1 is 1.35 bits per heavy atom. The van der Waals surface area contributed by atoms with Crippen molar-refractivity contribution in [1.82, 2.24) is 5.43 Å². The SMILES string of the molecule is CCOc1cccc(/C=N\NC(=O)Cc2cc(Cl)ccc2SC)c1OC. The molecule has 7 heteroatoms. The molecule has 138 valence electrons. The minimum atomic E-state index is -0.223. The molecule has 2 rings (SSSR count). The molecule has 0 aliphatic carbocycles. The zero-order chi connectivity index (χ0) is 18.9. The van der Waals surface area contributed by atoms with Crippen molar-refractivity contribution in [2.75, 3.05) is 20.0 Å². The molecule has 0 heterocycles. The maximum absolute atomic E-state index is 12.2. The second kappa shape index (κ2) is 10.1. The van der Waals surface area contributed by atoms with Crippen LogP contribution in [0.3, 0.4) is 0 Å². The molecular weight excluding hydrogens is 372 g/mol. The molecule has 0 bridgehead atoms. The van der Waals surface area contributed by atoms with Crippen LogP contribution in [-0.2, 0) is 11.2 Å². The number of halogens is 1. The van der Waals surface area contributed by atoms with Crippen LogP contribution in [-0.4, -0.2) is 32.1 Å². The zero-order valence-electron chi connectivity index (χ0n) is 14.9. The summed E-state index contributed by atoms with van der Waals surface area (Å²) < 4.78 is 10.9. The van der Waals surface area contributed by atoms with Crippen LogP contribution in [0.1, 0.15) is 18.1 Å². The molecule has 1 amide bonds. The van der Waals surface area contributed by atoms with Crippen molar-refractivity contribution in [2.45, 2.75) is 18.2 Å². The lowest BCUT2D eigenvalue weighted by Gasteiger charge is -2.11. The van der Waals surface area contributed by atoms with E-state index in [4.69, 9.17) is 21.1 Å². The van der Waals surface area contributed by atoms with Crippen LogP contribution >= 0.6 is 23.4 Å². The van der Waals surface area contributed by atoms with Crippen LogP contribution in [0.25, 0.3) is 0 Å². The fraction of sp³-hybridized carbons (Fsp3) is 0.263. The molecular formula is C19H21ClN2O3S. The van der Waals surface area contributed by atoms with Crippen molar-refractivity contribution in [3.63, 3.8) is 0 Å². The molecule has 5 nitrogen and oxygen atoms in total. The minimum absolute atomic E-state index is 0.199. The number of ether oxygens (including phenoxy) is 2. The lowest BCUT2D eigenvalue weighted by Crippen LogP contribution is -2.20. The van der Waals surface area contributed by atoms with Crippen LogP contribution in [0, 0.1) is 0 Å². The lowest BCUT2D eigenvalue weighted by molar-refractivity contribution is -0.120. The van der Waals surface area contributed by atoms with Gasteiger partial charge in [-0.2, -0.15) is 5.10 Å². The number of hydrazone groups is 1. The number of amides is 1. The molecule has 0 radical (unpaired) electrons. The van der Waals surface area contributed by atoms with E-state index in [1.807, 2.05) is 43.5 Å². The number of hydrogen-bond donors (Lipinski definition) is 1. The van der Waals surface area contributed by atoms with Gasteiger partial charge in [0.15, 0.2) is 11.5 Å². The number of hydrogen-bond acceptors (Lipinski definition) is 5. The molecule has 26 heavy (non-hydrogen) atoms. The van der Waals surface area contributed by atoms with Crippen LogP contribution in [0.15, 0.2) is 46.4 Å². The summed E-state index contributed by atoms with van der Waals surface area (Å²) in [5.41, 5.74) is 4.12. The number of carbonyl (C=O) groups excluding carboxylic acids is 1. The quantitative estimate of drug-likeness (QED) is 0.416. The first-order chi connectivity index (χ1) is 12.6. The van der Waals surface area contributed by atoms with Gasteiger partial charge in [-0.05, 0) is 49.1 Å². The standard InChI is InChI=1S/C19H21ClN2O3S/c1-4-25-16-7-5-6-13(19(16)24-2)12-21-22-18(23)11-14-10-15(20)8-9-17(14)26-3/h5-10,12H,4,11H2,1-3H3,(H,22,23)/b21-12-. The van der Waals surface area contributed by atoms with Gasteiger partial charge >= 0.3 is 0 Å². The Bertz CT molecular complexity index is 796. The van der Waals surface area contributed by atoms with Gasteiger partial charge in [-0.3, -0.25) is 4.79 Å². The first kappa shape index (κ1) is 20.1. The van der Waals surface area contributed by atoms with Crippen LogP contribution in [0.4, 0.5) is 0 Å². The summed E-state index contributed by atoms with van der Waals surface area (Å²) in [6.07, 6.45) is 3.69. The Kier molecular flexibility index (Phi) is 7.81. The number of methoxy groups -OCH3 is 1. The number of benzene rings is 2. The molecule has 0 saturated carbocycles. The second-order valence-corrected chi connectivity index (χ2v) is 6.52. The van der Waals surface area contributed by atoms with E-state index in [-0.39, 0.29) is 12.3 Å². The summed E-state index contributed by atoms with van der Waals surface area (Å²) in [6.45, 7) is 2.43. The third kappa shape index (κ3) is 5.41. The summed E-state index contributed by atoms with van der Waals surface area (Å²) >= 11 is 7.59. The van der Waals surface area contributed by atoms with E-state index in [1.54, 1.807) is 24.9 Å². The van der Waals surface area contributed by atoms with Crippen LogP contribution in [0.2, 0.25) is 5.02 Å². The predicted molar refractivity (Wildman–Crippen MR) is 107 cm³/mol. The summed E-state index contributed by atoms with van der Waals surface area (Å²) in [4.78, 5) is 13.2. The van der Waals surface area contributed by atoms with Gasteiger partial charge in [0.05, 0.1) is 26.4 Å². The number of carbonyl (C=O) groups is 1. The zero-order valence-corrected chi connectivity index (χ0v) is 16.5. The van der Waals surface area contributed by atoms with Crippen molar-refractivity contribution in [2.24, 2.45) is 5.10 Å². The highest BCUT2D eigenvalue weighted by Crippen LogP contribution is 2.30. The van der Waals surface area contributed by atoms with Crippen LogP contribution in [0.5, 0.6) is 11.5 Å². The molecule has 0 fully saturated rings. The Morgan fingerprint density at radius 2 is 2.15 bits per heavy atom. The lowest BCUT2D eigenvalue weighted by atomic mass is 10.1. The summed E-state index contributed by atoms with van der Waals surface area (Å²) in [5, 5.41) is 4.63. The molecule has 2 aromatic carbocycles. The molecule has 0 aliphatic heterocycles. The van der Waals surface area contributed by atoms with Crippen molar-refractivity contribution in [3.8, 4) is 11.5 Å². The van der Waals surface area contributed by atoms with E-state index in [0.29, 0.717) is 28.7 Å². The van der Waals surface area contributed by atoms with Gasteiger partial charge in [0.2, 0.25) is 5.91 Å². The van der Waals surface area contributed by atoms with E-state index in [1.165, 1.54) is 6.21 Å². The highest BCUT2D eigenvalue weighted by Gasteiger charge is 2.10. The molecule has 0 atom stereocenters. The highest BCUT2D eigenvalue weighted by atomic mass is 35.5. The van der Waals surface area contributed by atoms with Crippen molar-refractivity contribution in [3.05, 3.63) is 52.5 Å². The summed E-state index contributed by atoms with van der Waals surface area (Å²) in [6, 6.07) is 11.0. The fourth-order valence-electron chi connectivity index (χ4n) is 2.39. The van der Waals surface area contributed by atoms with Gasteiger partial charge in [0.25, 0.3) is 0 Å². The normalized spacial score (nSPS) is 10.8. The third-order valence-electron chi connectivity index (χ3n) is 3.50. The predicted octanol–water partition coefficient (Wildman–Crippen LogP) is 4.16. The first-order valence-electron chi connectivity index (χ1n) is 8.03. The van der Waals surface area contributed by atoms with Gasteiger partial charge in [-0.1, -0.05) is 17.7 Å². The molecule has 2 aromatic rings. The van der Waals surface area contributed by atoms with E-state index >= 15 is 0 Å². The monoisotopic (exact) mass is 392 g/mol. The number of thioether (sulfide) groups is 1. The number of nitrogens with zero attached hydrogens (tertiary/aromatic N) is 1. The fourth-order valence-corrected chi connectivity index (χ4v) is 3.19. The maximum atomic E-state index is 12.2. The van der Waals surface area contributed by atoms with Crippen molar-refractivity contribution < 1.29 is 14.3 Å². The smallest absolute Gasteiger partial charge is 0.244 e. The largest absolute Gasteiger partial charge is 0.492 e. The Hall–Kier alpha value is -2.18. The van der Waals surface area contributed by atoms with E-state index in [9.17, 15) is 4.79 Å². The summed E-state index contributed by atoms with van der Waals surface area (Å²) in [5.74, 6) is 0.986. The highest BCUT2D eigenvalue weighted by molar-refractivity contribution is 7.98. The van der Waals surface area contributed by atoms with E-state index in [2.05, 4.69) is 10.5 Å². The molecule has 1 N–H and O–H groups in total. The number of rotatable bonds is 8. The average molecular weight is 393 g/mol. The Balaban J connectivity index is 2.06. The second-order valence-electron chi connectivity index (χ2n) is 5.24. The third-order valence-corrected chi connectivity index (χ3v) is 4.57. The van der Waals surface area contributed by atoms with Crippen LogP contribution < -0.4 is 14.9 Å². The first-order valence-corrected chi connectivity index (χ1v) is 9.63. The van der Waals surface area contributed by atoms with Gasteiger partial charge in [0.1, 0.15) is 0 Å².